The third kappa shape index (κ3) is 4.76. The summed E-state index contributed by atoms with van der Waals surface area (Å²) in [5.74, 6) is 1.10. The SMILES string of the molecule is COc1cc(/C=N/NC(=O)c2ccc3c(c2)OCO3)ccc1OCc1c(F)cccc1Cl. The fourth-order valence-corrected chi connectivity index (χ4v) is 3.19. The number of amides is 1. The van der Waals surface area contributed by atoms with E-state index >= 15 is 0 Å². The molecule has 1 amide bonds. The van der Waals surface area contributed by atoms with Gasteiger partial charge in [-0.2, -0.15) is 5.10 Å². The molecule has 0 bridgehead atoms. The van der Waals surface area contributed by atoms with Crippen molar-refractivity contribution in [1.82, 2.24) is 5.43 Å². The summed E-state index contributed by atoms with van der Waals surface area (Å²) in [6, 6.07) is 14.4. The van der Waals surface area contributed by atoms with Gasteiger partial charge in [-0.05, 0) is 54.1 Å². The van der Waals surface area contributed by atoms with Crippen LogP contribution < -0.4 is 24.4 Å². The number of methoxy groups -OCH3 is 1. The van der Waals surface area contributed by atoms with E-state index in [1.807, 2.05) is 0 Å². The van der Waals surface area contributed by atoms with E-state index < -0.39 is 11.7 Å². The van der Waals surface area contributed by atoms with E-state index in [0.29, 0.717) is 34.1 Å². The van der Waals surface area contributed by atoms with Crippen molar-refractivity contribution in [1.29, 1.82) is 0 Å². The van der Waals surface area contributed by atoms with Crippen LogP contribution in [0.15, 0.2) is 59.7 Å². The van der Waals surface area contributed by atoms with E-state index in [2.05, 4.69) is 10.5 Å². The van der Waals surface area contributed by atoms with Gasteiger partial charge >= 0.3 is 0 Å². The Morgan fingerprint density at radius 1 is 1.16 bits per heavy atom. The molecule has 1 heterocycles. The van der Waals surface area contributed by atoms with Crippen LogP contribution in [-0.2, 0) is 6.61 Å². The van der Waals surface area contributed by atoms with Gasteiger partial charge in [-0.25, -0.2) is 9.82 Å². The Morgan fingerprint density at radius 3 is 2.81 bits per heavy atom. The first kappa shape index (κ1) is 21.5. The molecular weight excluding hydrogens is 439 g/mol. The molecule has 1 N–H and O–H groups in total. The number of ether oxygens (including phenoxy) is 4. The number of hydrogen-bond acceptors (Lipinski definition) is 6. The molecule has 3 aromatic carbocycles. The number of halogens is 2. The maximum Gasteiger partial charge on any atom is 0.271 e. The summed E-state index contributed by atoms with van der Waals surface area (Å²) in [6.45, 7) is 0.0777. The van der Waals surface area contributed by atoms with E-state index in [4.69, 9.17) is 30.5 Å². The molecule has 0 radical (unpaired) electrons. The molecule has 7 nitrogen and oxygen atoms in total. The molecule has 1 aliphatic heterocycles. The first-order valence-electron chi connectivity index (χ1n) is 9.52. The lowest BCUT2D eigenvalue weighted by Gasteiger charge is -2.12. The summed E-state index contributed by atoms with van der Waals surface area (Å²) < 4.78 is 35.5. The minimum absolute atomic E-state index is 0.0547. The fourth-order valence-electron chi connectivity index (χ4n) is 2.97. The lowest BCUT2D eigenvalue weighted by atomic mass is 10.2. The Morgan fingerprint density at radius 2 is 2.00 bits per heavy atom. The van der Waals surface area contributed by atoms with Gasteiger partial charge < -0.3 is 18.9 Å². The van der Waals surface area contributed by atoms with Crippen molar-refractivity contribution in [2.45, 2.75) is 6.61 Å². The second kappa shape index (κ2) is 9.57. The second-order valence-electron chi connectivity index (χ2n) is 6.67. The first-order chi connectivity index (χ1) is 15.5. The van der Waals surface area contributed by atoms with Gasteiger partial charge in [0.15, 0.2) is 23.0 Å². The van der Waals surface area contributed by atoms with Crippen molar-refractivity contribution in [2.75, 3.05) is 13.9 Å². The van der Waals surface area contributed by atoms with Crippen LogP contribution in [0.25, 0.3) is 0 Å². The van der Waals surface area contributed by atoms with Gasteiger partial charge in [0, 0.05) is 11.1 Å². The number of hydrogen-bond donors (Lipinski definition) is 1. The number of hydrazone groups is 1. The van der Waals surface area contributed by atoms with Gasteiger partial charge in [0.05, 0.1) is 18.3 Å². The Balaban J connectivity index is 1.40. The number of carbonyl (C=O) groups excluding carboxylic acids is 1. The Hall–Kier alpha value is -3.78. The fraction of sp³-hybridized carbons (Fsp3) is 0.130. The average molecular weight is 457 g/mol. The molecule has 9 heteroatoms. The minimum atomic E-state index is -0.446. The molecular formula is C23H18ClFN2O5. The van der Waals surface area contributed by atoms with Crippen molar-refractivity contribution in [3.63, 3.8) is 0 Å². The molecule has 0 atom stereocenters. The van der Waals surface area contributed by atoms with Gasteiger partial charge in [0.25, 0.3) is 5.91 Å². The van der Waals surface area contributed by atoms with Crippen molar-refractivity contribution in [3.8, 4) is 23.0 Å². The molecule has 3 aromatic rings. The van der Waals surface area contributed by atoms with Crippen LogP contribution in [0.2, 0.25) is 5.02 Å². The molecule has 32 heavy (non-hydrogen) atoms. The zero-order valence-electron chi connectivity index (χ0n) is 16.9. The summed E-state index contributed by atoms with van der Waals surface area (Å²) in [7, 11) is 1.49. The summed E-state index contributed by atoms with van der Waals surface area (Å²) in [4.78, 5) is 12.3. The Labute approximate surface area is 188 Å². The summed E-state index contributed by atoms with van der Waals surface area (Å²) >= 11 is 6.03. The molecule has 0 spiro atoms. The van der Waals surface area contributed by atoms with E-state index in [1.54, 1.807) is 42.5 Å². The van der Waals surface area contributed by atoms with Crippen LogP contribution in [0.1, 0.15) is 21.5 Å². The maximum absolute atomic E-state index is 13.9. The van der Waals surface area contributed by atoms with E-state index in [1.165, 1.54) is 25.5 Å². The predicted molar refractivity (Wildman–Crippen MR) is 116 cm³/mol. The average Bonchev–Trinajstić information content (AvgIpc) is 3.27. The van der Waals surface area contributed by atoms with Crippen LogP contribution in [-0.4, -0.2) is 26.0 Å². The van der Waals surface area contributed by atoms with Crippen molar-refractivity contribution in [3.05, 3.63) is 82.1 Å². The van der Waals surface area contributed by atoms with Crippen molar-refractivity contribution < 1.29 is 28.1 Å². The molecule has 4 rings (SSSR count). The highest BCUT2D eigenvalue weighted by Crippen LogP contribution is 2.32. The lowest BCUT2D eigenvalue weighted by Crippen LogP contribution is -2.17. The van der Waals surface area contributed by atoms with Crippen LogP contribution in [0.4, 0.5) is 4.39 Å². The largest absolute Gasteiger partial charge is 0.493 e. The number of nitrogens with one attached hydrogen (secondary N) is 1. The maximum atomic E-state index is 13.9. The highest BCUT2D eigenvalue weighted by Gasteiger charge is 2.16. The third-order valence-electron chi connectivity index (χ3n) is 4.64. The molecule has 0 unspecified atom stereocenters. The monoisotopic (exact) mass is 456 g/mol. The van der Waals surface area contributed by atoms with Crippen molar-refractivity contribution >= 4 is 23.7 Å². The number of fused-ring (bicyclic) bond motifs is 1. The topological polar surface area (TPSA) is 78.4 Å². The van der Waals surface area contributed by atoms with E-state index in [-0.39, 0.29) is 24.0 Å². The van der Waals surface area contributed by atoms with E-state index in [9.17, 15) is 9.18 Å². The smallest absolute Gasteiger partial charge is 0.271 e. The number of rotatable bonds is 7. The quantitative estimate of drug-likeness (QED) is 0.416. The molecule has 0 saturated carbocycles. The van der Waals surface area contributed by atoms with Gasteiger partial charge in [-0.15, -0.1) is 0 Å². The lowest BCUT2D eigenvalue weighted by molar-refractivity contribution is 0.0954. The summed E-state index contributed by atoms with van der Waals surface area (Å²) in [5.41, 5.74) is 3.76. The van der Waals surface area contributed by atoms with Gasteiger partial charge in [0.2, 0.25) is 6.79 Å². The van der Waals surface area contributed by atoms with Gasteiger partial charge in [0.1, 0.15) is 12.4 Å². The third-order valence-corrected chi connectivity index (χ3v) is 4.99. The zero-order chi connectivity index (χ0) is 22.5. The van der Waals surface area contributed by atoms with Crippen LogP contribution in [0.5, 0.6) is 23.0 Å². The van der Waals surface area contributed by atoms with Crippen LogP contribution >= 0.6 is 11.6 Å². The first-order valence-corrected chi connectivity index (χ1v) is 9.89. The summed E-state index contributed by atoms with van der Waals surface area (Å²) in [5, 5.41) is 4.26. The van der Waals surface area contributed by atoms with Crippen molar-refractivity contribution in [2.24, 2.45) is 5.10 Å². The van der Waals surface area contributed by atoms with E-state index in [0.717, 1.165) is 0 Å². The van der Waals surface area contributed by atoms with Crippen LogP contribution in [0, 0.1) is 5.82 Å². The number of carbonyl (C=O) groups is 1. The highest BCUT2D eigenvalue weighted by molar-refractivity contribution is 6.31. The standard InChI is InChI=1S/C23H18ClFN2O5/c1-29-21-9-14(5-7-19(21)30-12-16-17(24)3-2-4-18(16)25)11-26-27-23(28)15-6-8-20-22(10-15)32-13-31-20/h2-11H,12-13H2,1H3,(H,27,28)/b26-11+. The molecule has 1 aliphatic rings. The molecule has 164 valence electrons. The van der Waals surface area contributed by atoms with Crippen LogP contribution in [0.3, 0.4) is 0 Å². The number of nitrogens with zero attached hydrogens (tertiary/aromatic N) is 1. The number of benzene rings is 3. The van der Waals surface area contributed by atoms with Gasteiger partial charge in [-0.1, -0.05) is 17.7 Å². The molecule has 0 fully saturated rings. The minimum Gasteiger partial charge on any atom is -0.493 e. The second-order valence-corrected chi connectivity index (χ2v) is 7.07. The molecule has 0 aliphatic carbocycles. The summed E-state index contributed by atoms with van der Waals surface area (Å²) in [6.07, 6.45) is 1.46. The highest BCUT2D eigenvalue weighted by atomic mass is 35.5. The Kier molecular flexibility index (Phi) is 6.42. The van der Waals surface area contributed by atoms with Gasteiger partial charge in [-0.3, -0.25) is 4.79 Å². The predicted octanol–water partition coefficient (Wildman–Crippen LogP) is 4.56. The zero-order valence-corrected chi connectivity index (χ0v) is 17.7. The molecule has 0 saturated heterocycles. The molecule has 0 aromatic heterocycles. The Bertz CT molecular complexity index is 1160. The normalized spacial score (nSPS) is 12.1.